The summed E-state index contributed by atoms with van der Waals surface area (Å²) >= 11 is 5.77. The molecule has 2 atom stereocenters. The van der Waals surface area contributed by atoms with E-state index in [4.69, 9.17) is 16.3 Å². The van der Waals surface area contributed by atoms with Gasteiger partial charge in [0, 0.05) is 25.4 Å². The largest absolute Gasteiger partial charge is 0.469 e. The van der Waals surface area contributed by atoms with E-state index in [2.05, 4.69) is 4.98 Å². The zero-order chi connectivity index (χ0) is 15.6. The molecule has 0 aliphatic carbocycles. The Hall–Kier alpha value is -1.89. The van der Waals surface area contributed by atoms with Crippen molar-refractivity contribution in [2.24, 2.45) is 11.8 Å². The minimum absolute atomic E-state index is 0.0308. The van der Waals surface area contributed by atoms with Crippen LogP contribution in [0.5, 0.6) is 0 Å². The van der Waals surface area contributed by atoms with Crippen LogP contribution in [0.3, 0.4) is 0 Å². The molecule has 0 spiro atoms. The van der Waals surface area contributed by atoms with Crippen molar-refractivity contribution in [2.45, 2.75) is 13.3 Å². The highest BCUT2D eigenvalue weighted by Crippen LogP contribution is 2.33. The smallest absolute Gasteiger partial charge is 0.313 e. The first kappa shape index (κ1) is 15.5. The number of nitro groups is 1. The van der Waals surface area contributed by atoms with Crippen LogP contribution in [0.1, 0.15) is 13.3 Å². The summed E-state index contributed by atoms with van der Waals surface area (Å²) in [6.45, 7) is 2.95. The number of esters is 1. The molecule has 0 bridgehead atoms. The molecule has 0 saturated carbocycles. The van der Waals surface area contributed by atoms with Gasteiger partial charge in [0.2, 0.25) is 5.82 Å². The Labute approximate surface area is 127 Å². The van der Waals surface area contributed by atoms with Crippen LogP contribution < -0.4 is 4.90 Å². The number of halogens is 1. The fourth-order valence-corrected chi connectivity index (χ4v) is 2.79. The maximum atomic E-state index is 11.7. The van der Waals surface area contributed by atoms with Crippen LogP contribution in [0.4, 0.5) is 11.5 Å². The molecule has 0 amide bonds. The molecule has 2 heterocycles. The zero-order valence-electron chi connectivity index (χ0n) is 11.8. The second-order valence-electron chi connectivity index (χ2n) is 5.10. The quantitative estimate of drug-likeness (QED) is 0.483. The molecule has 0 unspecified atom stereocenters. The van der Waals surface area contributed by atoms with Crippen molar-refractivity contribution in [1.82, 2.24) is 4.98 Å². The Bertz CT molecular complexity index is 566. The summed E-state index contributed by atoms with van der Waals surface area (Å²) in [7, 11) is 1.37. The van der Waals surface area contributed by atoms with Gasteiger partial charge in [0.1, 0.15) is 0 Å². The van der Waals surface area contributed by atoms with Gasteiger partial charge in [-0.15, -0.1) is 0 Å². The predicted octanol–water partition coefficient (Wildman–Crippen LogP) is 2.28. The third-order valence-corrected chi connectivity index (χ3v) is 3.93. The van der Waals surface area contributed by atoms with Crippen molar-refractivity contribution in [3.05, 3.63) is 27.4 Å². The maximum Gasteiger partial charge on any atom is 0.313 e. The number of piperidine rings is 1. The van der Waals surface area contributed by atoms with Gasteiger partial charge in [-0.1, -0.05) is 18.5 Å². The highest BCUT2D eigenvalue weighted by atomic mass is 35.5. The normalized spacial score (nSPS) is 22.0. The van der Waals surface area contributed by atoms with E-state index >= 15 is 0 Å². The fourth-order valence-electron chi connectivity index (χ4n) is 2.64. The van der Waals surface area contributed by atoms with Crippen LogP contribution in [0.25, 0.3) is 0 Å². The summed E-state index contributed by atoms with van der Waals surface area (Å²) in [6, 6.07) is 1.29. The van der Waals surface area contributed by atoms with Gasteiger partial charge in [-0.3, -0.25) is 14.9 Å². The van der Waals surface area contributed by atoms with Gasteiger partial charge < -0.3 is 9.64 Å². The number of ether oxygens (including phenoxy) is 1. The van der Waals surface area contributed by atoms with Crippen molar-refractivity contribution in [3.63, 3.8) is 0 Å². The van der Waals surface area contributed by atoms with Crippen molar-refractivity contribution in [3.8, 4) is 0 Å². The number of carbonyl (C=O) groups excluding carboxylic acids is 1. The third-order valence-electron chi connectivity index (χ3n) is 3.72. The van der Waals surface area contributed by atoms with Crippen LogP contribution in [0.15, 0.2) is 12.3 Å². The van der Waals surface area contributed by atoms with Gasteiger partial charge in [-0.25, -0.2) is 4.98 Å². The minimum atomic E-state index is -0.495. The second-order valence-corrected chi connectivity index (χ2v) is 5.53. The molecule has 1 aliphatic heterocycles. The molecule has 0 radical (unpaired) electrons. The minimum Gasteiger partial charge on any atom is -0.469 e. The number of hydrogen-bond acceptors (Lipinski definition) is 6. The second kappa shape index (κ2) is 6.26. The molecule has 21 heavy (non-hydrogen) atoms. The van der Waals surface area contributed by atoms with E-state index in [1.807, 2.05) is 11.8 Å². The first-order valence-electron chi connectivity index (χ1n) is 6.56. The number of anilines is 1. The van der Waals surface area contributed by atoms with Gasteiger partial charge >= 0.3 is 11.7 Å². The zero-order valence-corrected chi connectivity index (χ0v) is 12.5. The van der Waals surface area contributed by atoms with Crippen LogP contribution in [0.2, 0.25) is 5.02 Å². The third kappa shape index (κ3) is 3.24. The summed E-state index contributed by atoms with van der Waals surface area (Å²) in [6.07, 6.45) is 1.97. The number of pyridine rings is 1. The number of nitrogens with zero attached hydrogens (tertiary/aromatic N) is 3. The molecular formula is C13H16ClN3O4. The molecule has 1 aromatic heterocycles. The van der Waals surface area contributed by atoms with Crippen LogP contribution in [0, 0.1) is 22.0 Å². The first-order chi connectivity index (χ1) is 9.93. The molecule has 0 N–H and O–H groups in total. The Morgan fingerprint density at radius 1 is 1.62 bits per heavy atom. The van der Waals surface area contributed by atoms with Crippen LogP contribution in [-0.2, 0) is 9.53 Å². The Morgan fingerprint density at radius 2 is 2.33 bits per heavy atom. The average molecular weight is 314 g/mol. The molecular weight excluding hydrogens is 298 g/mol. The molecule has 0 aromatic carbocycles. The average Bonchev–Trinajstić information content (AvgIpc) is 2.46. The molecule has 2 rings (SSSR count). The van der Waals surface area contributed by atoms with E-state index in [0.29, 0.717) is 25.3 Å². The SMILES string of the molecule is COC(=O)[C@H]1CCN(c2ncc(Cl)cc2[N+](=O)[O-])C[C@H]1C. The van der Waals surface area contributed by atoms with E-state index in [0.717, 1.165) is 0 Å². The topological polar surface area (TPSA) is 85.6 Å². The molecule has 7 nitrogen and oxygen atoms in total. The van der Waals surface area contributed by atoms with Crippen LogP contribution >= 0.6 is 11.6 Å². The van der Waals surface area contributed by atoms with E-state index < -0.39 is 4.92 Å². The summed E-state index contributed by atoms with van der Waals surface area (Å²) < 4.78 is 4.78. The monoisotopic (exact) mass is 313 g/mol. The molecule has 1 saturated heterocycles. The Kier molecular flexibility index (Phi) is 4.62. The summed E-state index contributed by atoms with van der Waals surface area (Å²) in [5.41, 5.74) is -0.119. The Balaban J connectivity index is 2.22. The number of methoxy groups -OCH3 is 1. The van der Waals surface area contributed by atoms with Crippen molar-refractivity contribution in [2.75, 3.05) is 25.1 Å². The lowest BCUT2D eigenvalue weighted by Gasteiger charge is -2.35. The van der Waals surface area contributed by atoms with Crippen molar-refractivity contribution in [1.29, 1.82) is 0 Å². The van der Waals surface area contributed by atoms with Crippen molar-refractivity contribution < 1.29 is 14.5 Å². The van der Waals surface area contributed by atoms with Crippen LogP contribution in [-0.4, -0.2) is 36.1 Å². The van der Waals surface area contributed by atoms with E-state index in [1.165, 1.54) is 19.4 Å². The maximum absolute atomic E-state index is 11.7. The van der Waals surface area contributed by atoms with Gasteiger partial charge in [-0.05, 0) is 12.3 Å². The first-order valence-corrected chi connectivity index (χ1v) is 6.94. The fraction of sp³-hybridized carbons (Fsp3) is 0.538. The standard InChI is InChI=1S/C13H16ClN3O4/c1-8-7-16(4-3-10(8)13(18)21-2)12-11(17(19)20)5-9(14)6-15-12/h5-6,8,10H,3-4,7H2,1-2H3/t8-,10+/m1/s1. The van der Waals surface area contributed by atoms with E-state index in [1.54, 1.807) is 0 Å². The van der Waals surface area contributed by atoms with Crippen molar-refractivity contribution >= 4 is 29.1 Å². The number of hydrogen-bond donors (Lipinski definition) is 0. The predicted molar refractivity (Wildman–Crippen MR) is 77.4 cm³/mol. The summed E-state index contributed by atoms with van der Waals surface area (Å²) in [5.74, 6) is -0.0961. The summed E-state index contributed by atoms with van der Waals surface area (Å²) in [4.78, 5) is 28.2. The molecule has 1 aromatic rings. The lowest BCUT2D eigenvalue weighted by atomic mass is 9.87. The molecule has 1 fully saturated rings. The van der Waals surface area contributed by atoms with Gasteiger partial charge in [-0.2, -0.15) is 0 Å². The van der Waals surface area contributed by atoms with E-state index in [9.17, 15) is 14.9 Å². The van der Waals surface area contributed by atoms with Gasteiger partial charge in [0.25, 0.3) is 0 Å². The molecule has 8 heteroatoms. The number of aromatic nitrogens is 1. The van der Waals surface area contributed by atoms with E-state index in [-0.39, 0.29) is 28.5 Å². The van der Waals surface area contributed by atoms with Gasteiger partial charge in [0.05, 0.1) is 23.0 Å². The number of carbonyl (C=O) groups is 1. The lowest BCUT2D eigenvalue weighted by molar-refractivity contribution is -0.384. The lowest BCUT2D eigenvalue weighted by Crippen LogP contribution is -2.43. The Morgan fingerprint density at radius 3 is 2.90 bits per heavy atom. The molecule has 114 valence electrons. The number of rotatable bonds is 3. The highest BCUT2D eigenvalue weighted by molar-refractivity contribution is 6.30. The highest BCUT2D eigenvalue weighted by Gasteiger charge is 2.34. The summed E-state index contributed by atoms with van der Waals surface area (Å²) in [5, 5.41) is 11.3. The van der Waals surface area contributed by atoms with Gasteiger partial charge in [0.15, 0.2) is 0 Å². The molecule has 1 aliphatic rings.